The highest BCUT2D eigenvalue weighted by atomic mass is 35.5. The second kappa shape index (κ2) is 14.0. The highest BCUT2D eigenvalue weighted by Gasteiger charge is 2.45. The SMILES string of the molecule is COc1ccc(C2=N[C@H](c3ccc(Cl)cc3)[C@H](c3ccc(Cl)cc3)N2C(=O)N2CCN(CC(=O)C(C)(C)C)C(=O)C2)c(OC(C)C)c1. The van der Waals surface area contributed by atoms with Crippen LogP contribution in [0.4, 0.5) is 4.79 Å². The van der Waals surface area contributed by atoms with Crippen molar-refractivity contribution in [2.75, 3.05) is 33.3 Å². The number of ketones is 1. The van der Waals surface area contributed by atoms with Gasteiger partial charge in [-0.2, -0.15) is 0 Å². The molecule has 0 N–H and O–H groups in total. The number of hydrogen-bond donors (Lipinski definition) is 0. The van der Waals surface area contributed by atoms with Crippen LogP contribution in [0.2, 0.25) is 10.0 Å². The lowest BCUT2D eigenvalue weighted by Gasteiger charge is -2.39. The van der Waals surface area contributed by atoms with E-state index in [1.165, 1.54) is 9.80 Å². The summed E-state index contributed by atoms with van der Waals surface area (Å²) in [5.41, 5.74) is 1.68. The molecule has 0 spiro atoms. The number of nitrogens with zero attached hydrogens (tertiary/aromatic N) is 4. The van der Waals surface area contributed by atoms with Crippen LogP contribution in [-0.4, -0.2) is 77.6 Å². The van der Waals surface area contributed by atoms with Gasteiger partial charge in [0.1, 0.15) is 29.9 Å². The molecule has 3 amide bonds. The van der Waals surface area contributed by atoms with Gasteiger partial charge in [-0.15, -0.1) is 0 Å². The Morgan fingerprint density at radius 2 is 1.55 bits per heavy atom. The first-order chi connectivity index (χ1) is 22.3. The van der Waals surface area contributed by atoms with E-state index in [9.17, 15) is 14.4 Å². The van der Waals surface area contributed by atoms with E-state index in [4.69, 9.17) is 37.7 Å². The molecule has 0 radical (unpaired) electrons. The monoisotopic (exact) mass is 678 g/mol. The molecule has 1 saturated heterocycles. The fourth-order valence-electron chi connectivity index (χ4n) is 5.62. The molecule has 248 valence electrons. The molecule has 2 heterocycles. The average molecular weight is 680 g/mol. The zero-order valence-corrected chi connectivity index (χ0v) is 29.0. The summed E-state index contributed by atoms with van der Waals surface area (Å²) in [7, 11) is 1.58. The van der Waals surface area contributed by atoms with Crippen LogP contribution >= 0.6 is 23.2 Å². The number of ether oxygens (including phenoxy) is 2. The quantitative estimate of drug-likeness (QED) is 0.251. The molecule has 5 rings (SSSR count). The number of amidine groups is 1. The zero-order valence-electron chi connectivity index (χ0n) is 27.5. The first-order valence-electron chi connectivity index (χ1n) is 15.6. The third kappa shape index (κ3) is 7.57. The number of urea groups is 1. The number of benzene rings is 3. The van der Waals surface area contributed by atoms with Crippen LogP contribution in [0.25, 0.3) is 0 Å². The molecule has 11 heteroatoms. The summed E-state index contributed by atoms with van der Waals surface area (Å²) in [4.78, 5) is 50.8. The molecule has 2 aliphatic rings. The van der Waals surface area contributed by atoms with Gasteiger partial charge in [0.2, 0.25) is 5.91 Å². The van der Waals surface area contributed by atoms with E-state index in [-0.39, 0.29) is 50.0 Å². The molecular formula is C36H40Cl2N4O5. The number of methoxy groups -OCH3 is 1. The Balaban J connectivity index is 1.60. The van der Waals surface area contributed by atoms with Crippen LogP contribution in [-0.2, 0) is 9.59 Å². The summed E-state index contributed by atoms with van der Waals surface area (Å²) >= 11 is 12.6. The van der Waals surface area contributed by atoms with E-state index in [2.05, 4.69) is 0 Å². The Hall–Kier alpha value is -4.08. The topological polar surface area (TPSA) is 91.8 Å². The molecule has 0 bridgehead atoms. The van der Waals surface area contributed by atoms with E-state index in [0.717, 1.165) is 11.1 Å². The van der Waals surface area contributed by atoms with Crippen molar-refractivity contribution < 1.29 is 23.9 Å². The first kappa shape index (κ1) is 34.3. The van der Waals surface area contributed by atoms with Gasteiger partial charge in [-0.1, -0.05) is 68.2 Å². The van der Waals surface area contributed by atoms with Crippen LogP contribution < -0.4 is 9.47 Å². The van der Waals surface area contributed by atoms with Gasteiger partial charge in [0, 0.05) is 34.6 Å². The number of halogens is 2. The number of aliphatic imine (C=N–C) groups is 1. The number of rotatable bonds is 8. The Morgan fingerprint density at radius 1 is 0.936 bits per heavy atom. The Kier molecular flexibility index (Phi) is 10.2. The van der Waals surface area contributed by atoms with Crippen molar-refractivity contribution in [2.24, 2.45) is 10.4 Å². The minimum atomic E-state index is -0.597. The maximum absolute atomic E-state index is 14.8. The van der Waals surface area contributed by atoms with Gasteiger partial charge in [-0.05, 0) is 61.4 Å². The highest BCUT2D eigenvalue weighted by Crippen LogP contribution is 2.46. The Bertz CT molecular complexity index is 1670. The van der Waals surface area contributed by atoms with Crippen molar-refractivity contribution in [1.29, 1.82) is 0 Å². The smallest absolute Gasteiger partial charge is 0.326 e. The second-order valence-corrected chi connectivity index (χ2v) is 13.9. The van der Waals surface area contributed by atoms with E-state index in [1.807, 2.05) is 65.0 Å². The van der Waals surface area contributed by atoms with Crippen molar-refractivity contribution in [3.8, 4) is 11.5 Å². The maximum Gasteiger partial charge on any atom is 0.326 e. The van der Waals surface area contributed by atoms with Gasteiger partial charge in [-0.25, -0.2) is 4.79 Å². The Morgan fingerprint density at radius 3 is 2.11 bits per heavy atom. The van der Waals surface area contributed by atoms with Crippen LogP contribution in [0.15, 0.2) is 71.7 Å². The molecule has 2 atom stereocenters. The van der Waals surface area contributed by atoms with E-state index < -0.39 is 17.5 Å². The number of piperazine rings is 1. The van der Waals surface area contributed by atoms with Crippen LogP contribution in [0, 0.1) is 5.41 Å². The van der Waals surface area contributed by atoms with Crippen LogP contribution in [0.5, 0.6) is 11.5 Å². The van der Waals surface area contributed by atoms with Gasteiger partial charge in [0.15, 0.2) is 5.78 Å². The van der Waals surface area contributed by atoms with Gasteiger partial charge in [-0.3, -0.25) is 19.5 Å². The van der Waals surface area contributed by atoms with Crippen molar-refractivity contribution in [1.82, 2.24) is 14.7 Å². The first-order valence-corrected chi connectivity index (χ1v) is 16.4. The summed E-state index contributed by atoms with van der Waals surface area (Å²) in [5, 5.41) is 1.14. The van der Waals surface area contributed by atoms with Gasteiger partial charge in [0.25, 0.3) is 0 Å². The lowest BCUT2D eigenvalue weighted by Crippen LogP contribution is -2.57. The van der Waals surface area contributed by atoms with Crippen molar-refractivity contribution >= 4 is 46.8 Å². The summed E-state index contributed by atoms with van der Waals surface area (Å²) in [6.07, 6.45) is -0.173. The number of Topliss-reactive ketones (excluding diaryl/α,β-unsaturated/α-hetero) is 1. The average Bonchev–Trinajstić information content (AvgIpc) is 3.41. The minimum absolute atomic E-state index is 0.00851. The summed E-state index contributed by atoms with van der Waals surface area (Å²) in [6.45, 7) is 9.67. The summed E-state index contributed by atoms with van der Waals surface area (Å²) in [5.74, 6) is 1.17. The number of hydrogen-bond acceptors (Lipinski definition) is 6. The molecule has 1 fully saturated rings. The van der Waals surface area contributed by atoms with Crippen molar-refractivity contribution in [2.45, 2.75) is 52.8 Å². The number of carbonyl (C=O) groups is 3. The van der Waals surface area contributed by atoms with E-state index >= 15 is 0 Å². The predicted molar refractivity (Wildman–Crippen MR) is 184 cm³/mol. The predicted octanol–water partition coefficient (Wildman–Crippen LogP) is 7.21. The largest absolute Gasteiger partial charge is 0.497 e. The maximum atomic E-state index is 14.8. The third-order valence-corrected chi connectivity index (χ3v) is 8.75. The normalized spacial score (nSPS) is 18.4. The minimum Gasteiger partial charge on any atom is -0.497 e. The molecule has 2 aliphatic heterocycles. The lowest BCUT2D eigenvalue weighted by molar-refractivity contribution is -0.140. The standard InChI is InChI=1S/C36H40Cl2N4O5/c1-22(2)47-29-19-27(46-6)15-16-28(29)34-39-32(23-7-11-25(37)12-8-23)33(24-9-13-26(38)14-10-24)42(34)35(45)41-18-17-40(31(44)21-41)20-30(43)36(3,4)5/h7-16,19,22,32-33H,17-18,20-21H2,1-6H3/t32-,33+/m1/s1. The summed E-state index contributed by atoms with van der Waals surface area (Å²) < 4.78 is 11.7. The molecule has 0 saturated carbocycles. The summed E-state index contributed by atoms with van der Waals surface area (Å²) in [6, 6.07) is 18.6. The molecular weight excluding hydrogens is 639 g/mol. The third-order valence-electron chi connectivity index (χ3n) is 8.25. The molecule has 9 nitrogen and oxygen atoms in total. The zero-order chi connectivity index (χ0) is 34.0. The van der Waals surface area contributed by atoms with Crippen molar-refractivity contribution in [3.05, 3.63) is 93.5 Å². The second-order valence-electron chi connectivity index (χ2n) is 13.0. The van der Waals surface area contributed by atoms with Gasteiger partial charge < -0.3 is 19.3 Å². The fourth-order valence-corrected chi connectivity index (χ4v) is 5.87. The fraction of sp³-hybridized carbons (Fsp3) is 0.389. The molecule has 0 unspecified atom stereocenters. The number of amides is 3. The molecule has 3 aromatic rings. The Labute approximate surface area is 286 Å². The van der Waals surface area contributed by atoms with Crippen molar-refractivity contribution in [3.63, 3.8) is 0 Å². The number of carbonyl (C=O) groups excluding carboxylic acids is 3. The highest BCUT2D eigenvalue weighted by molar-refractivity contribution is 6.30. The van der Waals surface area contributed by atoms with Gasteiger partial charge in [0.05, 0.1) is 31.4 Å². The van der Waals surface area contributed by atoms with Crippen LogP contribution in [0.3, 0.4) is 0 Å². The van der Waals surface area contributed by atoms with E-state index in [0.29, 0.717) is 32.9 Å². The van der Waals surface area contributed by atoms with Gasteiger partial charge >= 0.3 is 6.03 Å². The molecule has 47 heavy (non-hydrogen) atoms. The molecule has 0 aromatic heterocycles. The lowest BCUT2D eigenvalue weighted by atomic mass is 9.90. The molecule has 0 aliphatic carbocycles. The molecule has 3 aromatic carbocycles. The van der Waals surface area contributed by atoms with Crippen LogP contribution in [0.1, 0.15) is 63.4 Å². The van der Waals surface area contributed by atoms with E-state index in [1.54, 1.807) is 48.4 Å².